The maximum Gasteiger partial charge on any atom is 0.409 e. The third kappa shape index (κ3) is 3.52. The van der Waals surface area contributed by atoms with Gasteiger partial charge >= 0.3 is 6.09 Å². The van der Waals surface area contributed by atoms with Crippen molar-refractivity contribution in [3.63, 3.8) is 0 Å². The lowest BCUT2D eigenvalue weighted by molar-refractivity contribution is 0.0951. The first kappa shape index (κ1) is 15.6. The first-order valence-corrected chi connectivity index (χ1v) is 7.48. The number of carbonyl (C=O) groups is 2. The van der Waals surface area contributed by atoms with E-state index in [2.05, 4.69) is 10.6 Å². The van der Waals surface area contributed by atoms with Crippen LogP contribution >= 0.6 is 0 Å². The van der Waals surface area contributed by atoms with E-state index in [9.17, 15) is 9.59 Å². The van der Waals surface area contributed by atoms with Crippen molar-refractivity contribution in [3.05, 3.63) is 77.9 Å². The molecule has 0 atom stereocenters. The Hall–Kier alpha value is -3.34. The van der Waals surface area contributed by atoms with Gasteiger partial charge in [-0.1, -0.05) is 48.5 Å². The molecule has 2 amide bonds. The highest BCUT2D eigenvalue weighted by atomic mass is 16.4. The van der Waals surface area contributed by atoms with E-state index >= 15 is 0 Å². The van der Waals surface area contributed by atoms with Crippen LogP contribution in [0, 0.1) is 0 Å². The van der Waals surface area contributed by atoms with Crippen molar-refractivity contribution >= 4 is 28.5 Å². The van der Waals surface area contributed by atoms with Crippen molar-refractivity contribution < 1.29 is 14.7 Å². The Morgan fingerprint density at radius 1 is 0.917 bits per heavy atom. The minimum absolute atomic E-state index is 0.253. The first-order chi connectivity index (χ1) is 11.6. The molecule has 0 unspecified atom stereocenters. The third-order valence-electron chi connectivity index (χ3n) is 3.70. The van der Waals surface area contributed by atoms with E-state index in [1.54, 1.807) is 18.2 Å². The molecule has 3 N–H and O–H groups in total. The van der Waals surface area contributed by atoms with E-state index in [1.807, 2.05) is 42.5 Å². The molecule has 5 heteroatoms. The summed E-state index contributed by atoms with van der Waals surface area (Å²) in [5.41, 5.74) is 1.79. The molecule has 0 radical (unpaired) electrons. The minimum Gasteiger partial charge on any atom is -0.465 e. The van der Waals surface area contributed by atoms with E-state index in [-0.39, 0.29) is 5.91 Å². The molecule has 0 aliphatic carbocycles. The molecular formula is C19H16N2O3. The fourth-order valence-corrected chi connectivity index (χ4v) is 2.59. The summed E-state index contributed by atoms with van der Waals surface area (Å²) >= 11 is 0. The Morgan fingerprint density at radius 3 is 2.50 bits per heavy atom. The zero-order valence-corrected chi connectivity index (χ0v) is 12.8. The van der Waals surface area contributed by atoms with Gasteiger partial charge < -0.3 is 10.4 Å². The molecule has 0 bridgehead atoms. The van der Waals surface area contributed by atoms with Gasteiger partial charge in [0.2, 0.25) is 0 Å². The van der Waals surface area contributed by atoms with E-state index in [0.717, 1.165) is 16.3 Å². The first-order valence-electron chi connectivity index (χ1n) is 7.48. The third-order valence-corrected chi connectivity index (χ3v) is 3.70. The fraction of sp³-hybridized carbons (Fsp3) is 0.0526. The topological polar surface area (TPSA) is 78.4 Å². The molecule has 3 rings (SSSR count). The largest absolute Gasteiger partial charge is 0.465 e. The SMILES string of the molecule is O=C(O)Nc1cccc(C(=O)NCc2cccc3ccccc23)c1. The van der Waals surface area contributed by atoms with Crippen molar-refractivity contribution in [2.75, 3.05) is 5.32 Å². The predicted molar refractivity (Wildman–Crippen MR) is 93.2 cm³/mol. The molecule has 3 aromatic rings. The molecule has 0 fully saturated rings. The number of fused-ring (bicyclic) bond motifs is 1. The highest BCUT2D eigenvalue weighted by Crippen LogP contribution is 2.18. The average molecular weight is 320 g/mol. The van der Waals surface area contributed by atoms with Crippen molar-refractivity contribution in [3.8, 4) is 0 Å². The fourth-order valence-electron chi connectivity index (χ4n) is 2.59. The van der Waals surface area contributed by atoms with Gasteiger partial charge in [-0.3, -0.25) is 10.1 Å². The lowest BCUT2D eigenvalue weighted by Gasteiger charge is -2.09. The van der Waals surface area contributed by atoms with Crippen LogP contribution in [-0.4, -0.2) is 17.1 Å². The number of hydrogen-bond donors (Lipinski definition) is 3. The van der Waals surface area contributed by atoms with Crippen LogP contribution in [0.15, 0.2) is 66.7 Å². The lowest BCUT2D eigenvalue weighted by Crippen LogP contribution is -2.23. The summed E-state index contributed by atoms with van der Waals surface area (Å²) in [6, 6.07) is 20.3. The van der Waals surface area contributed by atoms with Gasteiger partial charge in [-0.2, -0.15) is 0 Å². The van der Waals surface area contributed by atoms with Crippen LogP contribution in [0.25, 0.3) is 10.8 Å². The molecule has 0 saturated carbocycles. The summed E-state index contributed by atoms with van der Waals surface area (Å²) in [5.74, 6) is -0.253. The number of amides is 2. The molecule has 0 aromatic heterocycles. The molecule has 0 spiro atoms. The Balaban J connectivity index is 1.74. The van der Waals surface area contributed by atoms with E-state index in [0.29, 0.717) is 17.8 Å². The summed E-state index contributed by atoms with van der Waals surface area (Å²) in [7, 11) is 0. The Morgan fingerprint density at radius 2 is 1.67 bits per heavy atom. The second-order valence-corrected chi connectivity index (χ2v) is 5.33. The number of carbonyl (C=O) groups excluding carboxylic acids is 1. The van der Waals surface area contributed by atoms with Gasteiger partial charge in [-0.05, 0) is 34.5 Å². The van der Waals surface area contributed by atoms with Crippen molar-refractivity contribution in [2.24, 2.45) is 0 Å². The van der Waals surface area contributed by atoms with Crippen molar-refractivity contribution in [2.45, 2.75) is 6.54 Å². The summed E-state index contributed by atoms with van der Waals surface area (Å²) < 4.78 is 0. The van der Waals surface area contributed by atoms with Gasteiger partial charge in [0, 0.05) is 17.8 Å². The van der Waals surface area contributed by atoms with Crippen molar-refractivity contribution in [1.82, 2.24) is 5.32 Å². The quantitative estimate of drug-likeness (QED) is 0.683. The highest BCUT2D eigenvalue weighted by molar-refractivity contribution is 5.96. The molecular weight excluding hydrogens is 304 g/mol. The molecule has 120 valence electrons. The van der Waals surface area contributed by atoms with Crippen LogP contribution in [0.3, 0.4) is 0 Å². The summed E-state index contributed by atoms with van der Waals surface area (Å²) in [6.45, 7) is 0.400. The lowest BCUT2D eigenvalue weighted by atomic mass is 10.0. The smallest absolute Gasteiger partial charge is 0.409 e. The van der Waals surface area contributed by atoms with E-state index in [4.69, 9.17) is 5.11 Å². The van der Waals surface area contributed by atoms with Gasteiger partial charge in [0.25, 0.3) is 5.91 Å². The van der Waals surface area contributed by atoms with Crippen LogP contribution < -0.4 is 10.6 Å². The number of nitrogens with one attached hydrogen (secondary N) is 2. The molecule has 0 aliphatic rings. The van der Waals surface area contributed by atoms with Gasteiger partial charge in [0.15, 0.2) is 0 Å². The summed E-state index contributed by atoms with van der Waals surface area (Å²) in [4.78, 5) is 23.0. The normalized spacial score (nSPS) is 10.3. The van der Waals surface area contributed by atoms with E-state index in [1.165, 1.54) is 6.07 Å². The van der Waals surface area contributed by atoms with Crippen LogP contribution in [-0.2, 0) is 6.54 Å². The van der Waals surface area contributed by atoms with Gasteiger partial charge in [-0.15, -0.1) is 0 Å². The maximum absolute atomic E-state index is 12.3. The van der Waals surface area contributed by atoms with Crippen LogP contribution in [0.2, 0.25) is 0 Å². The predicted octanol–water partition coefficient (Wildman–Crippen LogP) is 3.86. The van der Waals surface area contributed by atoms with Crippen molar-refractivity contribution in [1.29, 1.82) is 0 Å². The number of benzene rings is 3. The minimum atomic E-state index is -1.16. The zero-order chi connectivity index (χ0) is 16.9. The molecule has 5 nitrogen and oxygen atoms in total. The van der Waals surface area contributed by atoms with Gasteiger partial charge in [0.05, 0.1) is 0 Å². The van der Waals surface area contributed by atoms with Crippen LogP contribution in [0.4, 0.5) is 10.5 Å². The molecule has 24 heavy (non-hydrogen) atoms. The highest BCUT2D eigenvalue weighted by Gasteiger charge is 2.08. The molecule has 3 aromatic carbocycles. The Bertz CT molecular complexity index is 901. The Kier molecular flexibility index (Phi) is 4.43. The van der Waals surface area contributed by atoms with Crippen LogP contribution in [0.5, 0.6) is 0 Å². The summed E-state index contributed by atoms with van der Waals surface area (Å²) in [5, 5.41) is 16.1. The molecule has 0 heterocycles. The average Bonchev–Trinajstić information content (AvgIpc) is 2.59. The number of carboxylic acid groups (broad SMARTS) is 1. The second kappa shape index (κ2) is 6.83. The number of rotatable bonds is 4. The Labute approximate surface area is 138 Å². The number of anilines is 1. The second-order valence-electron chi connectivity index (χ2n) is 5.33. The van der Waals surface area contributed by atoms with Crippen LogP contribution in [0.1, 0.15) is 15.9 Å². The van der Waals surface area contributed by atoms with Gasteiger partial charge in [-0.25, -0.2) is 4.79 Å². The molecule has 0 aliphatic heterocycles. The zero-order valence-electron chi connectivity index (χ0n) is 12.8. The van der Waals surface area contributed by atoms with Gasteiger partial charge in [0.1, 0.15) is 0 Å². The van der Waals surface area contributed by atoms with E-state index < -0.39 is 6.09 Å². The monoisotopic (exact) mass is 320 g/mol. The standard InChI is InChI=1S/C19H16N2O3/c22-18(14-7-4-9-16(11-14)21-19(23)24)20-12-15-8-3-6-13-5-1-2-10-17(13)15/h1-11,21H,12H2,(H,20,22)(H,23,24). The number of hydrogen-bond acceptors (Lipinski definition) is 2. The molecule has 0 saturated heterocycles. The maximum atomic E-state index is 12.3. The summed E-state index contributed by atoms with van der Waals surface area (Å²) in [6.07, 6.45) is -1.16.